The van der Waals surface area contributed by atoms with Crippen molar-refractivity contribution in [1.82, 2.24) is 9.96 Å². The first-order valence-corrected chi connectivity index (χ1v) is 9.36. The minimum Gasteiger partial charge on any atom is -0.350 e. The van der Waals surface area contributed by atoms with E-state index < -0.39 is 6.09 Å². The lowest BCUT2D eigenvalue weighted by atomic mass is 10.2. The number of likely N-dealkylation sites (N-methyl/N-ethyl adjacent to an activating group) is 1. The number of piperazine rings is 1. The molecule has 4 rings (SSSR count). The van der Waals surface area contributed by atoms with Crippen LogP contribution in [0.3, 0.4) is 0 Å². The van der Waals surface area contributed by atoms with Crippen LogP contribution < -0.4 is 10.2 Å². The van der Waals surface area contributed by atoms with E-state index in [9.17, 15) is 9.59 Å². The van der Waals surface area contributed by atoms with Crippen LogP contribution in [0.25, 0.3) is 0 Å². The largest absolute Gasteiger partial charge is 0.438 e. The van der Waals surface area contributed by atoms with Gasteiger partial charge in [-0.05, 0) is 26.1 Å². The van der Waals surface area contributed by atoms with Crippen LogP contribution in [0.2, 0.25) is 0 Å². The van der Waals surface area contributed by atoms with Gasteiger partial charge in [0.2, 0.25) is 0 Å². The van der Waals surface area contributed by atoms with Gasteiger partial charge in [-0.1, -0.05) is 12.1 Å². The van der Waals surface area contributed by atoms with Gasteiger partial charge in [-0.3, -0.25) is 4.79 Å². The van der Waals surface area contributed by atoms with Gasteiger partial charge < -0.3 is 15.1 Å². The molecule has 0 saturated carbocycles. The molecule has 2 amide bonds. The van der Waals surface area contributed by atoms with Gasteiger partial charge in [-0.2, -0.15) is 0 Å². The monoisotopic (exact) mass is 372 g/mol. The lowest BCUT2D eigenvalue weighted by molar-refractivity contribution is -0.117. The number of nitrogens with one attached hydrogen (secondary N) is 1. The number of rotatable bonds is 1. The Kier molecular flexibility index (Phi) is 4.39. The molecule has 8 heteroatoms. The number of carbonyl (C=O) groups excluding carboxylic acids is 2. The number of thiophene rings is 1. The fraction of sp³-hybridized carbons (Fsp3) is 0.333. The summed E-state index contributed by atoms with van der Waals surface area (Å²) >= 11 is 1.44. The zero-order valence-corrected chi connectivity index (χ0v) is 15.5. The smallest absolute Gasteiger partial charge is 0.350 e. The van der Waals surface area contributed by atoms with Crippen LogP contribution in [0.5, 0.6) is 0 Å². The molecule has 3 heterocycles. The number of hydrogen-bond donors (Lipinski definition) is 1. The second kappa shape index (κ2) is 6.71. The third-order valence-corrected chi connectivity index (χ3v) is 5.57. The van der Waals surface area contributed by atoms with E-state index in [1.54, 1.807) is 11.1 Å². The molecule has 2 aromatic rings. The highest BCUT2D eigenvalue weighted by molar-refractivity contribution is 7.10. The Balaban J connectivity index is 1.71. The quantitative estimate of drug-likeness (QED) is 0.833. The molecule has 1 saturated heterocycles. The number of anilines is 3. The lowest BCUT2D eigenvalue weighted by Crippen LogP contribution is -2.46. The molecule has 136 valence electrons. The second-order valence-corrected chi connectivity index (χ2v) is 7.53. The SMILES string of the molecule is Cc1scc2c1C(=O)Nc1ccccc1N2C(=O)ON1CCN(C)CC1. The number of amides is 2. The fourth-order valence-corrected chi connectivity index (χ4v) is 4.03. The summed E-state index contributed by atoms with van der Waals surface area (Å²) in [5.41, 5.74) is 2.28. The van der Waals surface area contributed by atoms with Gasteiger partial charge in [0.1, 0.15) is 0 Å². The molecule has 1 N–H and O–H groups in total. The summed E-state index contributed by atoms with van der Waals surface area (Å²) in [5, 5.41) is 6.41. The number of benzene rings is 1. The first kappa shape index (κ1) is 17.0. The van der Waals surface area contributed by atoms with Gasteiger partial charge >= 0.3 is 6.09 Å². The lowest BCUT2D eigenvalue weighted by Gasteiger charge is -2.32. The van der Waals surface area contributed by atoms with E-state index in [1.165, 1.54) is 16.2 Å². The Labute approximate surface area is 155 Å². The first-order valence-electron chi connectivity index (χ1n) is 8.48. The molecule has 1 fully saturated rings. The summed E-state index contributed by atoms with van der Waals surface area (Å²) in [7, 11) is 2.04. The third-order valence-electron chi connectivity index (χ3n) is 4.67. The number of carbonyl (C=O) groups is 2. The van der Waals surface area contributed by atoms with Gasteiger partial charge in [-0.25, -0.2) is 9.69 Å². The average Bonchev–Trinajstić information content (AvgIpc) is 2.93. The summed E-state index contributed by atoms with van der Waals surface area (Å²) in [6.07, 6.45) is -0.502. The molecule has 0 unspecified atom stereocenters. The van der Waals surface area contributed by atoms with Gasteiger partial charge in [0, 0.05) is 36.4 Å². The maximum atomic E-state index is 13.1. The van der Waals surface area contributed by atoms with E-state index in [-0.39, 0.29) is 5.91 Å². The number of hydroxylamine groups is 2. The van der Waals surface area contributed by atoms with Gasteiger partial charge in [0.05, 0.1) is 22.6 Å². The minimum atomic E-state index is -0.502. The molecule has 1 aromatic heterocycles. The Morgan fingerprint density at radius 3 is 2.65 bits per heavy atom. The Bertz CT molecular complexity index is 858. The molecule has 2 aliphatic rings. The van der Waals surface area contributed by atoms with Crippen molar-refractivity contribution in [2.75, 3.05) is 43.4 Å². The van der Waals surface area contributed by atoms with Crippen LogP contribution in [0.1, 0.15) is 15.2 Å². The normalized spacial score (nSPS) is 17.9. The third kappa shape index (κ3) is 2.96. The predicted molar refractivity (Wildman–Crippen MR) is 101 cm³/mol. The summed E-state index contributed by atoms with van der Waals surface area (Å²) in [6, 6.07) is 7.26. The van der Waals surface area contributed by atoms with Crippen LogP contribution in [-0.4, -0.2) is 55.2 Å². The van der Waals surface area contributed by atoms with Crippen molar-refractivity contribution in [3.8, 4) is 0 Å². The molecular formula is C18H20N4O3S. The van der Waals surface area contributed by atoms with Crippen molar-refractivity contribution < 1.29 is 14.4 Å². The Morgan fingerprint density at radius 2 is 1.88 bits per heavy atom. The van der Waals surface area contributed by atoms with Gasteiger partial charge in [0.15, 0.2) is 0 Å². The van der Waals surface area contributed by atoms with E-state index in [4.69, 9.17) is 4.84 Å². The van der Waals surface area contributed by atoms with Crippen molar-refractivity contribution >= 4 is 40.4 Å². The van der Waals surface area contributed by atoms with E-state index in [0.29, 0.717) is 35.7 Å². The van der Waals surface area contributed by atoms with Gasteiger partial charge in [0.25, 0.3) is 5.91 Å². The van der Waals surface area contributed by atoms with Crippen LogP contribution >= 0.6 is 11.3 Å². The summed E-state index contributed by atoms with van der Waals surface area (Å²) in [5.74, 6) is -0.207. The maximum absolute atomic E-state index is 13.1. The summed E-state index contributed by atoms with van der Waals surface area (Å²) < 4.78 is 0. The number of para-hydroxylation sites is 2. The van der Waals surface area contributed by atoms with Crippen molar-refractivity contribution in [3.05, 3.63) is 40.1 Å². The van der Waals surface area contributed by atoms with Gasteiger partial charge in [-0.15, -0.1) is 16.4 Å². The number of aryl methyl sites for hydroxylation is 1. The Hall–Kier alpha value is -2.42. The second-order valence-electron chi connectivity index (χ2n) is 6.45. The summed E-state index contributed by atoms with van der Waals surface area (Å²) in [6.45, 7) is 4.87. The Morgan fingerprint density at radius 1 is 1.15 bits per heavy atom. The molecule has 0 atom stereocenters. The van der Waals surface area contributed by atoms with Crippen LogP contribution in [0.15, 0.2) is 29.6 Å². The van der Waals surface area contributed by atoms with E-state index in [1.807, 2.05) is 37.6 Å². The standard InChI is InChI=1S/C18H20N4O3S/c1-12-16-15(11-26-12)22(14-6-4-3-5-13(14)19-17(16)23)18(24)25-21-9-7-20(2)8-10-21/h3-6,11H,7-10H2,1-2H3,(H,19,23). The molecule has 0 spiro atoms. The zero-order valence-electron chi connectivity index (χ0n) is 14.7. The molecule has 7 nitrogen and oxygen atoms in total. The van der Waals surface area contributed by atoms with Crippen LogP contribution in [0.4, 0.5) is 21.9 Å². The maximum Gasteiger partial charge on any atom is 0.438 e. The van der Waals surface area contributed by atoms with Crippen molar-refractivity contribution in [2.45, 2.75) is 6.92 Å². The molecule has 0 bridgehead atoms. The average molecular weight is 372 g/mol. The van der Waals surface area contributed by atoms with Crippen LogP contribution in [-0.2, 0) is 4.84 Å². The molecule has 0 aliphatic carbocycles. The highest BCUT2D eigenvalue weighted by Gasteiger charge is 2.33. The number of hydrogen-bond acceptors (Lipinski definition) is 6. The minimum absolute atomic E-state index is 0.207. The topological polar surface area (TPSA) is 65.1 Å². The molecule has 1 aromatic carbocycles. The molecular weight excluding hydrogens is 352 g/mol. The van der Waals surface area contributed by atoms with E-state index >= 15 is 0 Å². The molecule has 0 radical (unpaired) electrons. The molecule has 26 heavy (non-hydrogen) atoms. The van der Waals surface area contributed by atoms with E-state index in [0.717, 1.165) is 18.0 Å². The van der Waals surface area contributed by atoms with Crippen molar-refractivity contribution in [3.63, 3.8) is 0 Å². The van der Waals surface area contributed by atoms with Crippen molar-refractivity contribution in [1.29, 1.82) is 0 Å². The first-order chi connectivity index (χ1) is 12.5. The van der Waals surface area contributed by atoms with Crippen LogP contribution in [0, 0.1) is 6.92 Å². The summed E-state index contributed by atoms with van der Waals surface area (Å²) in [4.78, 5) is 35.9. The molecule has 2 aliphatic heterocycles. The highest BCUT2D eigenvalue weighted by atomic mass is 32.1. The number of fused-ring (bicyclic) bond motifs is 2. The fourth-order valence-electron chi connectivity index (χ4n) is 3.20. The predicted octanol–water partition coefficient (Wildman–Crippen LogP) is 3.06. The zero-order chi connectivity index (χ0) is 18.3. The highest BCUT2D eigenvalue weighted by Crippen LogP contribution is 2.41. The van der Waals surface area contributed by atoms with Crippen molar-refractivity contribution in [2.24, 2.45) is 0 Å². The van der Waals surface area contributed by atoms with E-state index in [2.05, 4.69) is 10.2 Å². The number of nitrogens with zero attached hydrogens (tertiary/aromatic N) is 3.